The fourth-order valence-corrected chi connectivity index (χ4v) is 2.92. The van der Waals surface area contributed by atoms with Crippen LogP contribution in [0.25, 0.3) is 0 Å². The van der Waals surface area contributed by atoms with Gasteiger partial charge >= 0.3 is 0 Å². The highest BCUT2D eigenvalue weighted by molar-refractivity contribution is 9.10. The highest BCUT2D eigenvalue weighted by Crippen LogP contribution is 2.31. The molecule has 0 aliphatic carbocycles. The van der Waals surface area contributed by atoms with Crippen LogP contribution in [0.3, 0.4) is 0 Å². The predicted octanol–water partition coefficient (Wildman–Crippen LogP) is 3.04. The lowest BCUT2D eigenvalue weighted by Crippen LogP contribution is -2.38. The maximum absolute atomic E-state index is 14.4. The Morgan fingerprint density at radius 2 is 2.37 bits per heavy atom. The van der Waals surface area contributed by atoms with Crippen LogP contribution in [0.4, 0.5) is 10.1 Å². The summed E-state index contributed by atoms with van der Waals surface area (Å²) in [6, 6.07) is 5.70. The summed E-state index contributed by atoms with van der Waals surface area (Å²) in [5.41, 5.74) is 0.920. The second-order valence-electron chi connectivity index (χ2n) is 4.71. The Kier molecular flexibility index (Phi) is 4.78. The lowest BCUT2D eigenvalue weighted by Gasteiger charge is -2.31. The van der Waals surface area contributed by atoms with Crippen molar-refractivity contribution in [3.63, 3.8) is 0 Å². The minimum atomic E-state index is -0.334. The Bertz CT molecular complexity index is 492. The molecular formula is C14H17BrFN3. The molecule has 1 heterocycles. The Balaban J connectivity index is 2.36. The molecule has 3 nitrogen and oxygen atoms in total. The van der Waals surface area contributed by atoms with Crippen molar-refractivity contribution in [2.24, 2.45) is 0 Å². The van der Waals surface area contributed by atoms with Gasteiger partial charge in [-0.1, -0.05) is 6.92 Å². The summed E-state index contributed by atoms with van der Waals surface area (Å²) in [5.74, 6) is -0.334. The standard InChI is InChI=1S/C14H17BrFN3/c1-2-7-19(11-5-6-18-9-11)12-4-3-10(8-17)13(15)14(12)16/h3-4,11,18H,2,5-7,9H2,1H3. The van der Waals surface area contributed by atoms with Gasteiger partial charge in [0.15, 0.2) is 5.82 Å². The Hall–Kier alpha value is -1.12. The van der Waals surface area contributed by atoms with Crippen LogP contribution in [0.2, 0.25) is 0 Å². The minimum Gasteiger partial charge on any atom is -0.365 e. The molecule has 0 radical (unpaired) electrons. The van der Waals surface area contributed by atoms with Gasteiger partial charge in [0.2, 0.25) is 0 Å². The highest BCUT2D eigenvalue weighted by Gasteiger charge is 2.25. The first kappa shape index (κ1) is 14.3. The van der Waals surface area contributed by atoms with Crippen molar-refractivity contribution in [3.05, 3.63) is 28.0 Å². The molecule has 1 aromatic rings. The van der Waals surface area contributed by atoms with Gasteiger partial charge in [-0.15, -0.1) is 0 Å². The molecule has 1 atom stereocenters. The Morgan fingerprint density at radius 3 is 2.95 bits per heavy atom. The van der Waals surface area contributed by atoms with Crippen molar-refractivity contribution in [3.8, 4) is 6.07 Å². The molecule has 1 aliphatic heterocycles. The van der Waals surface area contributed by atoms with E-state index < -0.39 is 0 Å². The molecule has 2 rings (SSSR count). The zero-order valence-corrected chi connectivity index (χ0v) is 12.5. The number of nitrogens with zero attached hydrogens (tertiary/aromatic N) is 2. The van der Waals surface area contributed by atoms with Crippen LogP contribution in [0.15, 0.2) is 16.6 Å². The summed E-state index contributed by atoms with van der Waals surface area (Å²) >= 11 is 3.18. The summed E-state index contributed by atoms with van der Waals surface area (Å²) in [4.78, 5) is 2.11. The number of hydrogen-bond donors (Lipinski definition) is 1. The van der Waals surface area contributed by atoms with E-state index in [2.05, 4.69) is 33.1 Å². The number of anilines is 1. The molecule has 0 saturated carbocycles. The molecule has 102 valence electrons. The zero-order chi connectivity index (χ0) is 13.8. The van der Waals surface area contributed by atoms with E-state index in [1.165, 1.54) is 0 Å². The first-order chi connectivity index (χ1) is 9.19. The molecule has 0 spiro atoms. The smallest absolute Gasteiger partial charge is 0.161 e. The molecule has 1 unspecified atom stereocenters. The quantitative estimate of drug-likeness (QED) is 0.924. The molecule has 1 aromatic carbocycles. The van der Waals surface area contributed by atoms with Gasteiger partial charge in [-0.25, -0.2) is 4.39 Å². The molecule has 1 fully saturated rings. The zero-order valence-electron chi connectivity index (χ0n) is 10.9. The molecule has 1 saturated heterocycles. The molecule has 0 aromatic heterocycles. The van der Waals surface area contributed by atoms with Crippen LogP contribution in [-0.4, -0.2) is 25.7 Å². The largest absolute Gasteiger partial charge is 0.365 e. The van der Waals surface area contributed by atoms with E-state index in [-0.39, 0.29) is 10.3 Å². The van der Waals surface area contributed by atoms with Crippen LogP contribution < -0.4 is 10.2 Å². The van der Waals surface area contributed by atoms with Gasteiger partial charge in [0.05, 0.1) is 15.7 Å². The van der Waals surface area contributed by atoms with Gasteiger partial charge in [-0.2, -0.15) is 5.26 Å². The number of nitrogens with one attached hydrogen (secondary N) is 1. The molecule has 1 aliphatic rings. The normalized spacial score (nSPS) is 18.3. The summed E-state index contributed by atoms with van der Waals surface area (Å²) in [6.07, 6.45) is 1.99. The lowest BCUT2D eigenvalue weighted by atomic mass is 10.1. The second kappa shape index (κ2) is 6.36. The van der Waals surface area contributed by atoms with Crippen LogP contribution in [0.5, 0.6) is 0 Å². The van der Waals surface area contributed by atoms with E-state index in [0.29, 0.717) is 17.3 Å². The average Bonchev–Trinajstić information content (AvgIpc) is 2.93. The third-order valence-corrected chi connectivity index (χ3v) is 4.21. The maximum Gasteiger partial charge on any atom is 0.161 e. The van der Waals surface area contributed by atoms with Crippen LogP contribution >= 0.6 is 15.9 Å². The summed E-state index contributed by atoms with van der Waals surface area (Å²) in [5, 5.41) is 12.2. The van der Waals surface area contributed by atoms with Crippen molar-refractivity contribution in [2.45, 2.75) is 25.8 Å². The third kappa shape index (κ3) is 2.90. The van der Waals surface area contributed by atoms with Gasteiger partial charge in [0, 0.05) is 19.1 Å². The van der Waals surface area contributed by atoms with Crippen LogP contribution in [-0.2, 0) is 0 Å². The number of rotatable bonds is 4. The van der Waals surface area contributed by atoms with E-state index in [1.807, 2.05) is 6.07 Å². The fourth-order valence-electron chi connectivity index (χ4n) is 2.49. The third-order valence-electron chi connectivity index (χ3n) is 3.43. The molecule has 5 heteroatoms. The van der Waals surface area contributed by atoms with E-state index >= 15 is 0 Å². The molecule has 1 N–H and O–H groups in total. The van der Waals surface area contributed by atoms with Crippen molar-refractivity contribution < 1.29 is 4.39 Å². The number of hydrogen-bond acceptors (Lipinski definition) is 3. The van der Waals surface area contributed by atoms with Crippen molar-refractivity contribution in [1.29, 1.82) is 5.26 Å². The summed E-state index contributed by atoms with van der Waals surface area (Å²) in [6.45, 7) is 4.77. The van der Waals surface area contributed by atoms with Gasteiger partial charge in [0.1, 0.15) is 6.07 Å². The van der Waals surface area contributed by atoms with Crippen LogP contribution in [0, 0.1) is 17.1 Å². The van der Waals surface area contributed by atoms with Crippen molar-refractivity contribution in [2.75, 3.05) is 24.5 Å². The van der Waals surface area contributed by atoms with E-state index in [9.17, 15) is 4.39 Å². The number of benzene rings is 1. The van der Waals surface area contributed by atoms with E-state index in [0.717, 1.165) is 32.5 Å². The molecule has 0 amide bonds. The first-order valence-corrected chi connectivity index (χ1v) is 7.33. The van der Waals surface area contributed by atoms with E-state index in [1.54, 1.807) is 12.1 Å². The van der Waals surface area contributed by atoms with Gasteiger partial charge < -0.3 is 10.2 Å². The van der Waals surface area contributed by atoms with E-state index in [4.69, 9.17) is 5.26 Å². The lowest BCUT2D eigenvalue weighted by molar-refractivity contribution is 0.576. The average molecular weight is 326 g/mol. The molecule has 19 heavy (non-hydrogen) atoms. The van der Waals surface area contributed by atoms with Crippen LogP contribution in [0.1, 0.15) is 25.3 Å². The Morgan fingerprint density at radius 1 is 1.58 bits per heavy atom. The van der Waals surface area contributed by atoms with Crippen molar-refractivity contribution >= 4 is 21.6 Å². The number of halogens is 2. The minimum absolute atomic E-state index is 0.263. The molecular weight excluding hydrogens is 309 g/mol. The van der Waals surface area contributed by atoms with Gasteiger partial charge in [-0.3, -0.25) is 0 Å². The van der Waals surface area contributed by atoms with Gasteiger partial charge in [0.25, 0.3) is 0 Å². The second-order valence-corrected chi connectivity index (χ2v) is 5.51. The van der Waals surface area contributed by atoms with Crippen molar-refractivity contribution in [1.82, 2.24) is 5.32 Å². The summed E-state index contributed by atoms with van der Waals surface area (Å²) in [7, 11) is 0. The highest BCUT2D eigenvalue weighted by atomic mass is 79.9. The monoisotopic (exact) mass is 325 g/mol. The predicted molar refractivity (Wildman–Crippen MR) is 77.7 cm³/mol. The summed E-state index contributed by atoms with van der Waals surface area (Å²) < 4.78 is 14.7. The molecule has 0 bridgehead atoms. The Labute approximate surface area is 121 Å². The SMILES string of the molecule is CCCN(c1ccc(C#N)c(Br)c1F)C1CCNC1. The van der Waals surface area contributed by atoms with Gasteiger partial charge in [-0.05, 0) is 47.4 Å². The topological polar surface area (TPSA) is 39.1 Å². The fraction of sp³-hybridized carbons (Fsp3) is 0.500. The first-order valence-electron chi connectivity index (χ1n) is 6.54. The number of nitriles is 1. The maximum atomic E-state index is 14.4.